The number of nitrogens with one attached hydrogen (secondary N) is 2. The van der Waals surface area contributed by atoms with Gasteiger partial charge in [0.2, 0.25) is 5.82 Å². The number of rotatable bonds is 7. The lowest BCUT2D eigenvalue weighted by molar-refractivity contribution is 0.0935. The number of likely N-dealkylation sites (tertiary alicyclic amines) is 1. The van der Waals surface area contributed by atoms with E-state index in [-0.39, 0.29) is 17.6 Å². The van der Waals surface area contributed by atoms with E-state index in [4.69, 9.17) is 0 Å². The summed E-state index contributed by atoms with van der Waals surface area (Å²) in [7, 11) is 0. The monoisotopic (exact) mass is 421 g/mol. The number of carbonyl (C=O) groups is 2. The van der Waals surface area contributed by atoms with E-state index in [9.17, 15) is 9.59 Å². The normalized spacial score (nSPS) is 14.1. The van der Waals surface area contributed by atoms with Crippen molar-refractivity contribution in [2.75, 3.05) is 26.2 Å². The van der Waals surface area contributed by atoms with Crippen molar-refractivity contribution in [3.8, 4) is 0 Å². The molecule has 0 atom stereocenters. The Bertz CT molecular complexity index is 1090. The smallest absolute Gasteiger partial charge is 0.291 e. The van der Waals surface area contributed by atoms with Crippen LogP contribution < -0.4 is 10.6 Å². The van der Waals surface area contributed by atoms with E-state index in [2.05, 4.69) is 30.6 Å². The minimum absolute atomic E-state index is 0.0789. The van der Waals surface area contributed by atoms with Crippen LogP contribution in [0.1, 0.15) is 50.8 Å². The quantitative estimate of drug-likeness (QED) is 0.599. The van der Waals surface area contributed by atoms with Gasteiger partial charge in [-0.1, -0.05) is 12.1 Å². The second-order valence-electron chi connectivity index (χ2n) is 7.87. The predicted octanol–water partition coefficient (Wildman–Crippen LogP) is 1.50. The van der Waals surface area contributed by atoms with Crippen molar-refractivity contribution < 1.29 is 9.59 Å². The zero-order valence-corrected chi connectivity index (χ0v) is 17.9. The zero-order valence-electron chi connectivity index (χ0n) is 17.9. The molecule has 1 aliphatic rings. The minimum Gasteiger partial charge on any atom is -0.351 e. The maximum absolute atomic E-state index is 12.4. The maximum atomic E-state index is 12.4. The number of hydrogen-bond donors (Lipinski definition) is 2. The van der Waals surface area contributed by atoms with Gasteiger partial charge >= 0.3 is 0 Å². The van der Waals surface area contributed by atoms with Crippen LogP contribution in [0.25, 0.3) is 5.78 Å². The molecule has 2 aromatic heterocycles. The van der Waals surface area contributed by atoms with Crippen LogP contribution in [0.5, 0.6) is 0 Å². The average Bonchev–Trinajstić information content (AvgIpc) is 3.42. The van der Waals surface area contributed by atoms with Gasteiger partial charge in [-0.05, 0) is 63.5 Å². The van der Waals surface area contributed by atoms with Crippen LogP contribution in [0.4, 0.5) is 0 Å². The minimum atomic E-state index is -0.369. The Balaban J connectivity index is 1.29. The van der Waals surface area contributed by atoms with Gasteiger partial charge in [0, 0.05) is 36.6 Å². The van der Waals surface area contributed by atoms with E-state index in [1.807, 2.05) is 32.0 Å². The van der Waals surface area contributed by atoms with Gasteiger partial charge in [-0.25, -0.2) is 9.50 Å². The number of benzene rings is 1. The van der Waals surface area contributed by atoms with Gasteiger partial charge in [-0.15, -0.1) is 5.10 Å². The van der Waals surface area contributed by atoms with E-state index >= 15 is 0 Å². The highest BCUT2D eigenvalue weighted by atomic mass is 16.2. The third-order valence-corrected chi connectivity index (χ3v) is 5.40. The summed E-state index contributed by atoms with van der Waals surface area (Å²) in [4.78, 5) is 35.6. The average molecular weight is 422 g/mol. The number of carbonyl (C=O) groups excluding carboxylic acids is 2. The van der Waals surface area contributed by atoms with Crippen LogP contribution >= 0.6 is 0 Å². The van der Waals surface area contributed by atoms with Gasteiger partial charge in [0.25, 0.3) is 17.6 Å². The Kier molecular flexibility index (Phi) is 6.22. The van der Waals surface area contributed by atoms with Crippen molar-refractivity contribution in [1.29, 1.82) is 0 Å². The molecule has 1 aliphatic heterocycles. The number of nitrogens with zero attached hydrogens (tertiary/aromatic N) is 5. The summed E-state index contributed by atoms with van der Waals surface area (Å²) in [6, 6.07) is 9.09. The SMILES string of the molecule is Cc1cc(C)n2nc(C(=O)NCc3ccc(C(=O)NCCN4CCCC4)cc3)nc2n1. The third kappa shape index (κ3) is 5.05. The van der Waals surface area contributed by atoms with Gasteiger partial charge in [0.1, 0.15) is 0 Å². The van der Waals surface area contributed by atoms with Crippen LogP contribution in [-0.2, 0) is 6.54 Å². The first kappa shape index (κ1) is 20.9. The molecule has 2 N–H and O–H groups in total. The fourth-order valence-electron chi connectivity index (χ4n) is 3.73. The molecule has 1 saturated heterocycles. The topological polar surface area (TPSA) is 105 Å². The summed E-state index contributed by atoms with van der Waals surface area (Å²) >= 11 is 0. The highest BCUT2D eigenvalue weighted by molar-refractivity contribution is 5.94. The second-order valence-corrected chi connectivity index (χ2v) is 7.87. The van der Waals surface area contributed by atoms with Crippen molar-refractivity contribution in [2.45, 2.75) is 33.2 Å². The van der Waals surface area contributed by atoms with E-state index in [1.165, 1.54) is 12.8 Å². The Morgan fingerprint density at radius 2 is 1.74 bits per heavy atom. The largest absolute Gasteiger partial charge is 0.351 e. The standard InChI is InChI=1S/C22H27N7O2/c1-15-13-16(2)29-22(25-15)26-19(27-29)21(31)24-14-17-5-7-18(8-6-17)20(30)23-9-12-28-10-3-4-11-28/h5-8,13H,3-4,9-12,14H2,1-2H3,(H,23,30)(H,24,31). The number of aryl methyl sites for hydroxylation is 2. The molecule has 162 valence electrons. The molecule has 4 rings (SSSR count). The van der Waals surface area contributed by atoms with Gasteiger partial charge in [-0.2, -0.15) is 4.98 Å². The summed E-state index contributed by atoms with van der Waals surface area (Å²) in [6.07, 6.45) is 2.49. The first-order valence-electron chi connectivity index (χ1n) is 10.6. The number of hydrogen-bond acceptors (Lipinski definition) is 6. The van der Waals surface area contributed by atoms with Crippen LogP contribution in [0, 0.1) is 13.8 Å². The van der Waals surface area contributed by atoms with E-state index < -0.39 is 0 Å². The van der Waals surface area contributed by atoms with Crippen LogP contribution in [-0.4, -0.2) is 62.5 Å². The first-order chi connectivity index (χ1) is 15.0. The molecule has 3 heterocycles. The number of fused-ring (bicyclic) bond motifs is 1. The molecule has 2 amide bonds. The molecule has 3 aromatic rings. The van der Waals surface area contributed by atoms with Crippen LogP contribution in [0.2, 0.25) is 0 Å². The summed E-state index contributed by atoms with van der Waals surface area (Å²) in [5.74, 6) is 0.0334. The fraction of sp³-hybridized carbons (Fsp3) is 0.409. The summed E-state index contributed by atoms with van der Waals surface area (Å²) in [5, 5.41) is 10.0. The number of amides is 2. The molecule has 31 heavy (non-hydrogen) atoms. The van der Waals surface area contributed by atoms with Gasteiger partial charge in [0.05, 0.1) is 0 Å². The van der Waals surface area contributed by atoms with Crippen molar-refractivity contribution >= 4 is 17.6 Å². The summed E-state index contributed by atoms with van der Waals surface area (Å²) < 4.78 is 1.55. The highest BCUT2D eigenvalue weighted by Crippen LogP contribution is 2.08. The molecule has 1 aromatic carbocycles. The molecule has 0 radical (unpaired) electrons. The Hall–Kier alpha value is -3.33. The van der Waals surface area contributed by atoms with Gasteiger partial charge in [-0.3, -0.25) is 9.59 Å². The zero-order chi connectivity index (χ0) is 21.8. The van der Waals surface area contributed by atoms with Gasteiger partial charge < -0.3 is 15.5 Å². The fourth-order valence-corrected chi connectivity index (χ4v) is 3.73. The predicted molar refractivity (Wildman–Crippen MR) is 116 cm³/mol. The van der Waals surface area contributed by atoms with Crippen LogP contribution in [0.15, 0.2) is 30.3 Å². The molecule has 0 unspecified atom stereocenters. The Morgan fingerprint density at radius 3 is 2.48 bits per heavy atom. The number of aromatic nitrogens is 4. The Morgan fingerprint density at radius 1 is 1.00 bits per heavy atom. The molecule has 0 aliphatic carbocycles. The molecule has 1 fully saturated rings. The molecule has 9 nitrogen and oxygen atoms in total. The van der Waals surface area contributed by atoms with E-state index in [1.54, 1.807) is 16.6 Å². The second kappa shape index (κ2) is 9.22. The molecule has 9 heteroatoms. The van der Waals surface area contributed by atoms with Crippen LogP contribution in [0.3, 0.4) is 0 Å². The summed E-state index contributed by atoms with van der Waals surface area (Å²) in [5.41, 5.74) is 3.18. The Labute approximate surface area is 180 Å². The molecule has 0 spiro atoms. The molecular formula is C22H27N7O2. The molecule has 0 saturated carbocycles. The summed E-state index contributed by atoms with van der Waals surface area (Å²) in [6.45, 7) is 7.86. The lowest BCUT2D eigenvalue weighted by Crippen LogP contribution is -2.33. The lowest BCUT2D eigenvalue weighted by Gasteiger charge is -2.14. The van der Waals surface area contributed by atoms with Crippen molar-refractivity contribution in [1.82, 2.24) is 35.1 Å². The van der Waals surface area contributed by atoms with E-state index in [0.717, 1.165) is 36.6 Å². The van der Waals surface area contributed by atoms with Crippen molar-refractivity contribution in [3.05, 3.63) is 58.7 Å². The highest BCUT2D eigenvalue weighted by Gasteiger charge is 2.15. The van der Waals surface area contributed by atoms with Crippen molar-refractivity contribution in [2.24, 2.45) is 0 Å². The van der Waals surface area contributed by atoms with E-state index in [0.29, 0.717) is 24.4 Å². The van der Waals surface area contributed by atoms with Crippen molar-refractivity contribution in [3.63, 3.8) is 0 Å². The molecular weight excluding hydrogens is 394 g/mol. The lowest BCUT2D eigenvalue weighted by atomic mass is 10.1. The van der Waals surface area contributed by atoms with Gasteiger partial charge in [0.15, 0.2) is 0 Å². The maximum Gasteiger partial charge on any atom is 0.291 e. The molecule has 0 bridgehead atoms. The third-order valence-electron chi connectivity index (χ3n) is 5.40. The first-order valence-corrected chi connectivity index (χ1v) is 10.6.